The van der Waals surface area contributed by atoms with E-state index in [-0.39, 0.29) is 17.6 Å². The summed E-state index contributed by atoms with van der Waals surface area (Å²) in [6.07, 6.45) is 0.933. The fourth-order valence-corrected chi connectivity index (χ4v) is 2.41. The van der Waals surface area contributed by atoms with E-state index in [9.17, 15) is 14.9 Å². The fourth-order valence-electron chi connectivity index (χ4n) is 2.41. The zero-order valence-electron chi connectivity index (χ0n) is 11.2. The third-order valence-electron chi connectivity index (χ3n) is 3.67. The number of nitro groups is 1. The summed E-state index contributed by atoms with van der Waals surface area (Å²) in [5, 5.41) is 13.5. The Morgan fingerprint density at radius 3 is 2.38 bits per heavy atom. The molecule has 0 aromatic heterocycles. The number of benzene rings is 2. The summed E-state index contributed by atoms with van der Waals surface area (Å²) in [6.45, 7) is 0. The Morgan fingerprint density at radius 1 is 1.10 bits per heavy atom. The molecule has 5 nitrogen and oxygen atoms in total. The number of hydrogen-bond donors (Lipinski definition) is 1. The lowest BCUT2D eigenvalue weighted by molar-refractivity contribution is -0.384. The van der Waals surface area contributed by atoms with Gasteiger partial charge >= 0.3 is 0 Å². The molecule has 0 bridgehead atoms. The van der Waals surface area contributed by atoms with Crippen molar-refractivity contribution in [3.8, 4) is 0 Å². The van der Waals surface area contributed by atoms with Gasteiger partial charge in [-0.1, -0.05) is 30.3 Å². The largest absolute Gasteiger partial charge is 0.349 e. The lowest BCUT2D eigenvalue weighted by Crippen LogP contribution is -2.26. The van der Waals surface area contributed by atoms with Crippen molar-refractivity contribution in [2.75, 3.05) is 0 Å². The maximum atomic E-state index is 12.1. The molecule has 1 unspecified atom stereocenters. The molecule has 0 radical (unpaired) electrons. The number of nitro benzene ring substituents is 1. The van der Waals surface area contributed by atoms with Crippen LogP contribution in [-0.2, 0) is 0 Å². The first-order valence-electron chi connectivity index (χ1n) is 6.75. The van der Waals surface area contributed by atoms with Gasteiger partial charge in [0.1, 0.15) is 0 Å². The van der Waals surface area contributed by atoms with E-state index in [0.717, 1.165) is 6.42 Å². The Labute approximate surface area is 121 Å². The summed E-state index contributed by atoms with van der Waals surface area (Å²) in [4.78, 5) is 22.2. The molecule has 1 aliphatic rings. The van der Waals surface area contributed by atoms with Crippen LogP contribution in [0.2, 0.25) is 0 Å². The number of non-ortho nitro benzene ring substituents is 1. The maximum Gasteiger partial charge on any atom is 0.269 e. The smallest absolute Gasteiger partial charge is 0.269 e. The lowest BCUT2D eigenvalue weighted by atomic mass is 10.1. The summed E-state index contributed by atoms with van der Waals surface area (Å²) in [6, 6.07) is 15.9. The quantitative estimate of drug-likeness (QED) is 0.692. The van der Waals surface area contributed by atoms with E-state index in [4.69, 9.17) is 0 Å². The third kappa shape index (κ3) is 2.91. The van der Waals surface area contributed by atoms with Crippen LogP contribution in [0.1, 0.15) is 28.3 Å². The van der Waals surface area contributed by atoms with E-state index in [0.29, 0.717) is 11.5 Å². The minimum Gasteiger partial charge on any atom is -0.349 e. The van der Waals surface area contributed by atoms with E-state index in [1.54, 1.807) is 0 Å². The molecule has 2 aromatic carbocycles. The number of carbonyl (C=O) groups is 1. The number of nitrogens with zero attached hydrogens (tertiary/aromatic N) is 1. The highest BCUT2D eigenvalue weighted by Crippen LogP contribution is 2.40. The molecule has 3 rings (SSSR count). The summed E-state index contributed by atoms with van der Waals surface area (Å²) in [5.74, 6) is 0.182. The minimum atomic E-state index is -0.478. The van der Waals surface area contributed by atoms with E-state index < -0.39 is 4.92 Å². The highest BCUT2D eigenvalue weighted by molar-refractivity contribution is 5.94. The molecule has 1 amide bonds. The molecule has 0 aliphatic heterocycles. The SMILES string of the molecule is O=C(N[C@@H]1CC1c1ccccc1)c1ccc([N+](=O)[O-])cc1. The molecule has 1 fully saturated rings. The van der Waals surface area contributed by atoms with Gasteiger partial charge < -0.3 is 5.32 Å². The van der Waals surface area contributed by atoms with Gasteiger partial charge in [-0.05, 0) is 24.1 Å². The Morgan fingerprint density at radius 2 is 1.76 bits per heavy atom. The molecule has 0 spiro atoms. The molecule has 1 N–H and O–H groups in total. The van der Waals surface area contributed by atoms with Crippen molar-refractivity contribution in [1.29, 1.82) is 0 Å². The van der Waals surface area contributed by atoms with Gasteiger partial charge in [0.15, 0.2) is 0 Å². The second-order valence-electron chi connectivity index (χ2n) is 5.14. The predicted octanol–water partition coefficient (Wildman–Crippen LogP) is 2.88. The highest BCUT2D eigenvalue weighted by Gasteiger charge is 2.39. The first-order chi connectivity index (χ1) is 10.1. The molecule has 5 heteroatoms. The van der Waals surface area contributed by atoms with E-state index >= 15 is 0 Å². The van der Waals surface area contributed by atoms with Crippen LogP contribution in [0.15, 0.2) is 54.6 Å². The Kier molecular flexibility index (Phi) is 3.39. The summed E-state index contributed by atoms with van der Waals surface area (Å²) >= 11 is 0. The number of amides is 1. The Balaban J connectivity index is 1.62. The standard InChI is InChI=1S/C16H14N2O3/c19-16(12-6-8-13(9-7-12)18(20)21)17-15-10-14(15)11-4-2-1-3-5-11/h1-9,14-15H,10H2,(H,17,19)/t14?,15-/m1/s1. The van der Waals surface area contributed by atoms with Crippen LogP contribution in [0.5, 0.6) is 0 Å². The topological polar surface area (TPSA) is 72.2 Å². The number of hydrogen-bond acceptors (Lipinski definition) is 3. The average Bonchev–Trinajstić information content (AvgIpc) is 3.27. The van der Waals surface area contributed by atoms with Gasteiger partial charge in [0, 0.05) is 29.7 Å². The van der Waals surface area contributed by atoms with Crippen LogP contribution >= 0.6 is 0 Å². The van der Waals surface area contributed by atoms with Crippen LogP contribution in [0, 0.1) is 10.1 Å². The third-order valence-corrected chi connectivity index (χ3v) is 3.67. The first kappa shape index (κ1) is 13.3. The highest BCUT2D eigenvalue weighted by atomic mass is 16.6. The molecule has 21 heavy (non-hydrogen) atoms. The van der Waals surface area contributed by atoms with E-state index in [1.807, 2.05) is 18.2 Å². The molecule has 106 valence electrons. The summed E-state index contributed by atoms with van der Waals surface area (Å²) in [5.41, 5.74) is 1.66. The van der Waals surface area contributed by atoms with Crippen molar-refractivity contribution in [2.45, 2.75) is 18.4 Å². The minimum absolute atomic E-state index is 0.0138. The van der Waals surface area contributed by atoms with Gasteiger partial charge in [0.05, 0.1) is 4.92 Å². The van der Waals surface area contributed by atoms with E-state index in [1.165, 1.54) is 29.8 Å². The predicted molar refractivity (Wildman–Crippen MR) is 78.2 cm³/mol. The zero-order chi connectivity index (χ0) is 14.8. The van der Waals surface area contributed by atoms with Gasteiger partial charge in [0.2, 0.25) is 0 Å². The van der Waals surface area contributed by atoms with Gasteiger partial charge in [-0.15, -0.1) is 0 Å². The Bertz CT molecular complexity index is 668. The first-order valence-corrected chi connectivity index (χ1v) is 6.75. The van der Waals surface area contributed by atoms with Crippen molar-refractivity contribution in [3.63, 3.8) is 0 Å². The van der Waals surface area contributed by atoms with Crippen LogP contribution < -0.4 is 5.32 Å². The molecule has 2 aromatic rings. The van der Waals surface area contributed by atoms with Crippen LogP contribution in [0.3, 0.4) is 0 Å². The maximum absolute atomic E-state index is 12.1. The summed E-state index contributed by atoms with van der Waals surface area (Å²) < 4.78 is 0. The number of carbonyl (C=O) groups excluding carboxylic acids is 1. The number of nitrogens with one attached hydrogen (secondary N) is 1. The van der Waals surface area contributed by atoms with Crippen molar-refractivity contribution in [1.82, 2.24) is 5.32 Å². The Hall–Kier alpha value is -2.69. The molecule has 0 heterocycles. The molecule has 1 aliphatic carbocycles. The normalized spacial score (nSPS) is 19.8. The molecule has 1 saturated carbocycles. The van der Waals surface area contributed by atoms with Crippen molar-refractivity contribution in [3.05, 3.63) is 75.8 Å². The van der Waals surface area contributed by atoms with Crippen molar-refractivity contribution >= 4 is 11.6 Å². The molecular formula is C16H14N2O3. The fraction of sp³-hybridized carbons (Fsp3) is 0.188. The van der Waals surface area contributed by atoms with Gasteiger partial charge in [-0.25, -0.2) is 0 Å². The zero-order valence-corrected chi connectivity index (χ0v) is 11.2. The lowest BCUT2D eigenvalue weighted by Gasteiger charge is -2.05. The van der Waals surface area contributed by atoms with Crippen LogP contribution in [0.4, 0.5) is 5.69 Å². The molecule has 2 atom stereocenters. The van der Waals surface area contributed by atoms with Crippen molar-refractivity contribution < 1.29 is 9.72 Å². The summed E-state index contributed by atoms with van der Waals surface area (Å²) in [7, 11) is 0. The second-order valence-corrected chi connectivity index (χ2v) is 5.14. The van der Waals surface area contributed by atoms with Crippen molar-refractivity contribution in [2.24, 2.45) is 0 Å². The van der Waals surface area contributed by atoms with Gasteiger partial charge in [0.25, 0.3) is 11.6 Å². The van der Waals surface area contributed by atoms with Gasteiger partial charge in [-0.3, -0.25) is 14.9 Å². The average molecular weight is 282 g/mol. The van der Waals surface area contributed by atoms with E-state index in [2.05, 4.69) is 17.4 Å². The van der Waals surface area contributed by atoms with Gasteiger partial charge in [-0.2, -0.15) is 0 Å². The second kappa shape index (κ2) is 5.36. The molecular weight excluding hydrogens is 268 g/mol. The molecule has 0 saturated heterocycles. The van der Waals surface area contributed by atoms with Crippen LogP contribution in [-0.4, -0.2) is 16.9 Å². The number of rotatable bonds is 4. The monoisotopic (exact) mass is 282 g/mol. The van der Waals surface area contributed by atoms with Crippen LogP contribution in [0.25, 0.3) is 0 Å².